The van der Waals surface area contributed by atoms with Gasteiger partial charge < -0.3 is 10.1 Å². The Morgan fingerprint density at radius 2 is 2.33 bits per heavy atom. The van der Waals surface area contributed by atoms with Crippen LogP contribution in [0.1, 0.15) is 17.4 Å². The molecule has 1 aliphatic heterocycles. The minimum absolute atomic E-state index is 0.00454. The fraction of sp³-hybridized carbons (Fsp3) is 0.200. The first kappa shape index (κ1) is 7.22. The van der Waals surface area contributed by atoms with Gasteiger partial charge in [0.15, 0.2) is 6.23 Å². The van der Waals surface area contributed by atoms with Crippen LogP contribution in [-0.4, -0.2) is 0 Å². The number of rotatable bonds is 1. The third-order valence-electron chi connectivity index (χ3n) is 1.88. The van der Waals surface area contributed by atoms with Crippen LogP contribution in [0.3, 0.4) is 0 Å². The zero-order valence-electron chi connectivity index (χ0n) is 6.95. The van der Waals surface area contributed by atoms with Crippen LogP contribution in [0.2, 0.25) is 0 Å². The number of ether oxygens (including phenoxy) is 1. The first-order chi connectivity index (χ1) is 5.86. The molecule has 0 radical (unpaired) electrons. The van der Waals surface area contributed by atoms with Gasteiger partial charge in [0, 0.05) is 11.8 Å². The van der Waals surface area contributed by atoms with Gasteiger partial charge in [-0.1, -0.05) is 29.8 Å². The van der Waals surface area contributed by atoms with Crippen molar-refractivity contribution in [1.29, 1.82) is 0 Å². The lowest BCUT2D eigenvalue weighted by Gasteiger charge is -2.11. The second-order valence-corrected chi connectivity index (χ2v) is 2.90. The number of hydrogen-bond acceptors (Lipinski definition) is 2. The molecule has 0 bridgehead atoms. The van der Waals surface area contributed by atoms with Crippen molar-refractivity contribution in [1.82, 2.24) is 5.32 Å². The van der Waals surface area contributed by atoms with Crippen LogP contribution in [0.4, 0.5) is 0 Å². The van der Waals surface area contributed by atoms with Crippen molar-refractivity contribution in [3.8, 4) is 0 Å². The molecule has 1 unspecified atom stereocenters. The Labute approximate surface area is 71.9 Å². The molecule has 12 heavy (non-hydrogen) atoms. The number of hydrogen-bond donors (Lipinski definition) is 1. The Morgan fingerprint density at radius 3 is 3.00 bits per heavy atom. The minimum Gasteiger partial charge on any atom is -0.473 e. The maximum atomic E-state index is 5.30. The van der Waals surface area contributed by atoms with Gasteiger partial charge in [-0.15, -0.1) is 0 Å². The Balaban J connectivity index is 2.22. The Morgan fingerprint density at radius 1 is 1.42 bits per heavy atom. The van der Waals surface area contributed by atoms with Gasteiger partial charge in [0.25, 0.3) is 0 Å². The van der Waals surface area contributed by atoms with E-state index in [1.807, 2.05) is 12.3 Å². The molecule has 0 amide bonds. The molecule has 1 aromatic rings. The largest absolute Gasteiger partial charge is 0.473 e. The summed E-state index contributed by atoms with van der Waals surface area (Å²) < 4.78 is 5.30. The van der Waals surface area contributed by atoms with Crippen molar-refractivity contribution in [2.24, 2.45) is 0 Å². The quantitative estimate of drug-likeness (QED) is 0.681. The summed E-state index contributed by atoms with van der Waals surface area (Å²) in [7, 11) is 0. The second-order valence-electron chi connectivity index (χ2n) is 2.90. The summed E-state index contributed by atoms with van der Waals surface area (Å²) in [5, 5.41) is 3.10. The van der Waals surface area contributed by atoms with Crippen molar-refractivity contribution in [3.63, 3.8) is 0 Å². The molecule has 0 saturated heterocycles. The van der Waals surface area contributed by atoms with E-state index in [0.717, 1.165) is 0 Å². The topological polar surface area (TPSA) is 21.3 Å². The lowest BCUT2D eigenvalue weighted by Crippen LogP contribution is -2.10. The third kappa shape index (κ3) is 1.28. The van der Waals surface area contributed by atoms with Crippen LogP contribution >= 0.6 is 0 Å². The van der Waals surface area contributed by atoms with E-state index in [4.69, 9.17) is 4.74 Å². The van der Waals surface area contributed by atoms with Crippen molar-refractivity contribution < 1.29 is 4.74 Å². The van der Waals surface area contributed by atoms with E-state index in [-0.39, 0.29) is 6.23 Å². The van der Waals surface area contributed by atoms with E-state index in [1.165, 1.54) is 11.1 Å². The predicted octanol–water partition coefficient (Wildman–Crippen LogP) is 2.08. The average Bonchev–Trinajstić information content (AvgIpc) is 2.56. The van der Waals surface area contributed by atoms with Gasteiger partial charge >= 0.3 is 0 Å². The molecule has 1 aliphatic rings. The molecule has 1 atom stereocenters. The maximum absolute atomic E-state index is 5.30. The molecule has 1 heterocycles. The first-order valence-electron chi connectivity index (χ1n) is 3.99. The maximum Gasteiger partial charge on any atom is 0.195 e. The molecule has 2 nitrogen and oxygen atoms in total. The summed E-state index contributed by atoms with van der Waals surface area (Å²) in [5.41, 5.74) is 2.42. The van der Waals surface area contributed by atoms with Gasteiger partial charge in [-0.25, -0.2) is 0 Å². The van der Waals surface area contributed by atoms with E-state index in [0.29, 0.717) is 0 Å². The third-order valence-corrected chi connectivity index (χ3v) is 1.88. The van der Waals surface area contributed by atoms with Crippen LogP contribution in [0, 0.1) is 6.92 Å². The van der Waals surface area contributed by atoms with Crippen molar-refractivity contribution >= 4 is 0 Å². The van der Waals surface area contributed by atoms with Crippen molar-refractivity contribution in [2.45, 2.75) is 13.2 Å². The average molecular weight is 161 g/mol. The van der Waals surface area contributed by atoms with E-state index in [2.05, 4.69) is 30.4 Å². The zero-order valence-corrected chi connectivity index (χ0v) is 6.95. The van der Waals surface area contributed by atoms with Crippen LogP contribution in [-0.2, 0) is 4.74 Å². The van der Waals surface area contributed by atoms with E-state index in [9.17, 15) is 0 Å². The minimum atomic E-state index is 0.00454. The van der Waals surface area contributed by atoms with Crippen molar-refractivity contribution in [2.75, 3.05) is 0 Å². The molecular formula is C10H11NO. The molecule has 1 aromatic carbocycles. The molecular weight excluding hydrogens is 150 g/mol. The van der Waals surface area contributed by atoms with Crippen LogP contribution in [0.25, 0.3) is 0 Å². The summed E-state index contributed by atoms with van der Waals surface area (Å²) in [6.45, 7) is 2.08. The Bertz CT molecular complexity index is 298. The summed E-state index contributed by atoms with van der Waals surface area (Å²) in [6.07, 6.45) is 3.49. The molecule has 0 fully saturated rings. The van der Waals surface area contributed by atoms with Gasteiger partial charge in [-0.05, 0) is 6.92 Å². The highest BCUT2D eigenvalue weighted by Gasteiger charge is 2.11. The van der Waals surface area contributed by atoms with E-state index in [1.54, 1.807) is 6.26 Å². The molecule has 2 rings (SSSR count). The normalized spacial score (nSPS) is 20.2. The summed E-state index contributed by atoms with van der Waals surface area (Å²) in [5.74, 6) is 0. The SMILES string of the molecule is Cc1cccc(C2NC=CO2)c1. The number of benzene rings is 1. The predicted molar refractivity (Wildman–Crippen MR) is 47.3 cm³/mol. The van der Waals surface area contributed by atoms with Gasteiger partial charge in [-0.3, -0.25) is 0 Å². The first-order valence-corrected chi connectivity index (χ1v) is 3.99. The van der Waals surface area contributed by atoms with Gasteiger partial charge in [-0.2, -0.15) is 0 Å². The lowest BCUT2D eigenvalue weighted by atomic mass is 10.1. The standard InChI is InChI=1S/C10H11NO/c1-8-3-2-4-9(7-8)10-11-5-6-12-10/h2-7,10-11H,1H3. The highest BCUT2D eigenvalue weighted by Crippen LogP contribution is 2.18. The van der Waals surface area contributed by atoms with E-state index < -0.39 is 0 Å². The van der Waals surface area contributed by atoms with Crippen LogP contribution in [0.15, 0.2) is 36.7 Å². The molecule has 0 saturated carbocycles. The summed E-state index contributed by atoms with van der Waals surface area (Å²) in [4.78, 5) is 0. The Hall–Kier alpha value is -1.44. The van der Waals surface area contributed by atoms with Crippen LogP contribution < -0.4 is 5.32 Å². The van der Waals surface area contributed by atoms with Gasteiger partial charge in [0.1, 0.15) is 6.26 Å². The molecule has 0 aliphatic carbocycles. The lowest BCUT2D eigenvalue weighted by molar-refractivity contribution is 0.154. The highest BCUT2D eigenvalue weighted by molar-refractivity contribution is 5.24. The highest BCUT2D eigenvalue weighted by atomic mass is 16.5. The zero-order chi connectivity index (χ0) is 8.39. The number of nitrogens with one attached hydrogen (secondary N) is 1. The number of aryl methyl sites for hydroxylation is 1. The molecule has 0 spiro atoms. The smallest absolute Gasteiger partial charge is 0.195 e. The molecule has 2 heteroatoms. The molecule has 0 aromatic heterocycles. The summed E-state index contributed by atoms with van der Waals surface area (Å²) in [6, 6.07) is 8.28. The summed E-state index contributed by atoms with van der Waals surface area (Å²) >= 11 is 0. The van der Waals surface area contributed by atoms with Gasteiger partial charge in [0.2, 0.25) is 0 Å². The van der Waals surface area contributed by atoms with Gasteiger partial charge in [0.05, 0.1) is 0 Å². The molecule has 1 N–H and O–H groups in total. The Kier molecular flexibility index (Phi) is 1.74. The van der Waals surface area contributed by atoms with Crippen molar-refractivity contribution in [3.05, 3.63) is 47.9 Å². The monoisotopic (exact) mass is 161 g/mol. The fourth-order valence-electron chi connectivity index (χ4n) is 1.29. The molecule has 62 valence electrons. The second kappa shape index (κ2) is 2.89. The fourth-order valence-corrected chi connectivity index (χ4v) is 1.29. The van der Waals surface area contributed by atoms with E-state index >= 15 is 0 Å². The van der Waals surface area contributed by atoms with Crippen LogP contribution in [0.5, 0.6) is 0 Å².